The summed E-state index contributed by atoms with van der Waals surface area (Å²) in [6.45, 7) is 0.650. The van der Waals surface area contributed by atoms with Gasteiger partial charge in [-0.05, 0) is 31.0 Å². The minimum Gasteiger partial charge on any atom is -0.464 e. The average molecular weight is 317 g/mol. The van der Waals surface area contributed by atoms with Crippen molar-refractivity contribution in [1.29, 1.82) is 0 Å². The standard InChI is InChI=1S/C16H16FN3O3/c1-23-16(22)11-8-14-13-3-2-6-19(13)15(21)10-7-9(17)4-5-12(10)20(14)18-11/h4-5,7,13-14H,2-3,6,8H2,1H3/t13-,14-/m0/s1. The van der Waals surface area contributed by atoms with Gasteiger partial charge in [-0.25, -0.2) is 9.18 Å². The molecule has 0 bridgehead atoms. The summed E-state index contributed by atoms with van der Waals surface area (Å²) in [5.74, 6) is -1.08. The van der Waals surface area contributed by atoms with Crippen LogP contribution < -0.4 is 5.01 Å². The van der Waals surface area contributed by atoms with Crippen LogP contribution in [0.4, 0.5) is 10.1 Å². The van der Waals surface area contributed by atoms with E-state index in [0.717, 1.165) is 12.8 Å². The van der Waals surface area contributed by atoms with Gasteiger partial charge in [-0.15, -0.1) is 0 Å². The summed E-state index contributed by atoms with van der Waals surface area (Å²) in [5.41, 5.74) is 1.19. The van der Waals surface area contributed by atoms with Gasteiger partial charge >= 0.3 is 5.97 Å². The molecule has 0 N–H and O–H groups in total. The first-order chi connectivity index (χ1) is 11.1. The van der Waals surface area contributed by atoms with Crippen LogP contribution in [0.25, 0.3) is 0 Å². The second-order valence-electron chi connectivity index (χ2n) is 6.02. The Morgan fingerprint density at radius 1 is 1.39 bits per heavy atom. The number of ether oxygens (including phenoxy) is 1. The summed E-state index contributed by atoms with van der Waals surface area (Å²) in [5, 5.41) is 6.08. The number of rotatable bonds is 1. The van der Waals surface area contributed by atoms with Crippen molar-refractivity contribution in [1.82, 2.24) is 4.90 Å². The number of hydrogen-bond donors (Lipinski definition) is 0. The lowest BCUT2D eigenvalue weighted by Gasteiger charge is -2.30. The Morgan fingerprint density at radius 2 is 2.22 bits per heavy atom. The SMILES string of the molecule is COC(=O)C1=NN2c3ccc(F)cc3C(=O)N3CCC[C@H]3[C@@H]2C1. The zero-order valence-corrected chi connectivity index (χ0v) is 12.7. The third kappa shape index (κ3) is 2.03. The molecule has 7 heteroatoms. The van der Waals surface area contributed by atoms with Crippen molar-refractivity contribution in [2.75, 3.05) is 18.7 Å². The van der Waals surface area contributed by atoms with Crippen LogP contribution >= 0.6 is 0 Å². The highest BCUT2D eigenvalue weighted by molar-refractivity contribution is 6.37. The monoisotopic (exact) mass is 317 g/mol. The zero-order chi connectivity index (χ0) is 16.1. The van der Waals surface area contributed by atoms with Gasteiger partial charge in [0.2, 0.25) is 0 Å². The number of benzene rings is 1. The molecule has 1 aromatic rings. The highest BCUT2D eigenvalue weighted by atomic mass is 19.1. The Hall–Kier alpha value is -2.44. The molecule has 0 spiro atoms. The van der Waals surface area contributed by atoms with Crippen LogP contribution in [-0.4, -0.2) is 48.2 Å². The normalized spacial score (nSPS) is 25.5. The topological polar surface area (TPSA) is 62.2 Å². The molecular formula is C16H16FN3O3. The first-order valence-corrected chi connectivity index (χ1v) is 7.65. The highest BCUT2D eigenvalue weighted by Crippen LogP contribution is 2.39. The van der Waals surface area contributed by atoms with Crippen LogP contribution in [0.2, 0.25) is 0 Å². The summed E-state index contributed by atoms with van der Waals surface area (Å²) in [7, 11) is 1.32. The minimum absolute atomic E-state index is 0.0242. The molecule has 0 aliphatic carbocycles. The van der Waals surface area contributed by atoms with E-state index in [-0.39, 0.29) is 18.0 Å². The second kappa shape index (κ2) is 5.04. The van der Waals surface area contributed by atoms with Crippen LogP contribution in [0, 0.1) is 5.82 Å². The van der Waals surface area contributed by atoms with Gasteiger partial charge < -0.3 is 9.64 Å². The van der Waals surface area contributed by atoms with Crippen molar-refractivity contribution < 1.29 is 18.7 Å². The minimum atomic E-state index is -0.461. The Kier molecular flexibility index (Phi) is 3.11. The van der Waals surface area contributed by atoms with E-state index in [1.165, 1.54) is 19.2 Å². The number of hydrazone groups is 1. The van der Waals surface area contributed by atoms with Crippen molar-refractivity contribution >= 4 is 23.3 Å². The third-order valence-corrected chi connectivity index (χ3v) is 4.81. The zero-order valence-electron chi connectivity index (χ0n) is 12.7. The van der Waals surface area contributed by atoms with Gasteiger partial charge in [-0.2, -0.15) is 5.10 Å². The number of carbonyl (C=O) groups excluding carboxylic acids is 2. The van der Waals surface area contributed by atoms with E-state index in [9.17, 15) is 14.0 Å². The van der Waals surface area contributed by atoms with Crippen LogP contribution in [0.1, 0.15) is 29.6 Å². The molecule has 6 nitrogen and oxygen atoms in total. The van der Waals surface area contributed by atoms with Gasteiger partial charge in [0, 0.05) is 13.0 Å². The molecule has 1 saturated heterocycles. The lowest BCUT2D eigenvalue weighted by Crippen LogP contribution is -2.45. The number of nitrogens with zero attached hydrogens (tertiary/aromatic N) is 3. The van der Waals surface area contributed by atoms with E-state index < -0.39 is 11.8 Å². The largest absolute Gasteiger partial charge is 0.464 e. The maximum Gasteiger partial charge on any atom is 0.354 e. The molecule has 2 atom stereocenters. The van der Waals surface area contributed by atoms with Crippen molar-refractivity contribution in [3.8, 4) is 0 Å². The van der Waals surface area contributed by atoms with Gasteiger partial charge in [0.1, 0.15) is 11.5 Å². The van der Waals surface area contributed by atoms with Gasteiger partial charge in [-0.3, -0.25) is 9.80 Å². The Balaban J connectivity index is 1.86. The number of esters is 1. The van der Waals surface area contributed by atoms with Crippen LogP contribution in [0.3, 0.4) is 0 Å². The van der Waals surface area contributed by atoms with E-state index in [1.54, 1.807) is 16.0 Å². The highest BCUT2D eigenvalue weighted by Gasteiger charge is 2.46. The molecule has 0 unspecified atom stereocenters. The maximum absolute atomic E-state index is 13.6. The molecule has 0 saturated carbocycles. The fraction of sp³-hybridized carbons (Fsp3) is 0.438. The second-order valence-corrected chi connectivity index (χ2v) is 6.02. The van der Waals surface area contributed by atoms with Gasteiger partial charge in [-0.1, -0.05) is 0 Å². The molecule has 23 heavy (non-hydrogen) atoms. The predicted octanol–water partition coefficient (Wildman–Crippen LogP) is 1.55. The number of methoxy groups -OCH3 is 1. The maximum atomic E-state index is 13.6. The number of carbonyl (C=O) groups is 2. The molecule has 1 aromatic carbocycles. The summed E-state index contributed by atoms with van der Waals surface area (Å²) in [6.07, 6.45) is 2.18. The van der Waals surface area contributed by atoms with Crippen molar-refractivity contribution in [3.05, 3.63) is 29.6 Å². The average Bonchev–Trinajstić information content (AvgIpc) is 3.18. The predicted molar refractivity (Wildman–Crippen MR) is 80.8 cm³/mol. The van der Waals surface area contributed by atoms with Crippen LogP contribution in [0.5, 0.6) is 0 Å². The van der Waals surface area contributed by atoms with Crippen molar-refractivity contribution in [2.24, 2.45) is 5.10 Å². The lowest BCUT2D eigenvalue weighted by atomic mass is 10.0. The molecule has 1 fully saturated rings. The fourth-order valence-electron chi connectivity index (χ4n) is 3.78. The third-order valence-electron chi connectivity index (χ3n) is 4.81. The van der Waals surface area contributed by atoms with Gasteiger partial charge in [0.25, 0.3) is 5.91 Å². The summed E-state index contributed by atoms with van der Waals surface area (Å²) in [4.78, 5) is 26.4. The molecule has 0 radical (unpaired) electrons. The molecule has 4 rings (SSSR count). The first kappa shape index (κ1) is 14.2. The number of halogens is 1. The molecular weight excluding hydrogens is 301 g/mol. The van der Waals surface area contributed by atoms with Crippen LogP contribution in [-0.2, 0) is 9.53 Å². The van der Waals surface area contributed by atoms with E-state index in [2.05, 4.69) is 5.10 Å². The van der Waals surface area contributed by atoms with E-state index >= 15 is 0 Å². The van der Waals surface area contributed by atoms with Gasteiger partial charge in [0.15, 0.2) is 0 Å². The molecule has 1 amide bonds. The smallest absolute Gasteiger partial charge is 0.354 e. The number of fused-ring (bicyclic) bond motifs is 5. The molecule has 3 aliphatic heterocycles. The Labute approximate surface area is 132 Å². The van der Waals surface area contributed by atoms with Crippen molar-refractivity contribution in [2.45, 2.75) is 31.3 Å². The van der Waals surface area contributed by atoms with E-state index in [1.807, 2.05) is 0 Å². The summed E-state index contributed by atoms with van der Waals surface area (Å²) < 4.78 is 18.4. The number of hydrogen-bond acceptors (Lipinski definition) is 5. The fourth-order valence-corrected chi connectivity index (χ4v) is 3.78. The van der Waals surface area contributed by atoms with E-state index in [0.29, 0.717) is 29.9 Å². The first-order valence-electron chi connectivity index (χ1n) is 7.65. The molecule has 0 aromatic heterocycles. The summed E-state index contributed by atoms with van der Waals surface area (Å²) in [6, 6.07) is 3.99. The van der Waals surface area contributed by atoms with Crippen molar-refractivity contribution in [3.63, 3.8) is 0 Å². The van der Waals surface area contributed by atoms with Crippen LogP contribution in [0.15, 0.2) is 23.3 Å². The lowest BCUT2D eigenvalue weighted by molar-refractivity contribution is -0.132. The number of anilines is 1. The number of amides is 1. The Morgan fingerprint density at radius 3 is 3.00 bits per heavy atom. The molecule has 120 valence electrons. The molecule has 3 aliphatic rings. The van der Waals surface area contributed by atoms with E-state index in [4.69, 9.17) is 4.74 Å². The Bertz CT molecular complexity index is 733. The quantitative estimate of drug-likeness (QED) is 0.737. The van der Waals surface area contributed by atoms with Gasteiger partial charge in [0.05, 0.1) is 30.4 Å². The molecule has 3 heterocycles. The summed E-state index contributed by atoms with van der Waals surface area (Å²) >= 11 is 0.